The third kappa shape index (κ3) is 4.97. The van der Waals surface area contributed by atoms with Crippen LogP contribution >= 0.6 is 0 Å². The minimum atomic E-state index is 0.644. The van der Waals surface area contributed by atoms with Crippen molar-refractivity contribution in [2.45, 2.75) is 0 Å². The SMILES string of the molecule is N#Cc1ccccc1-c1cc(-c2ccccc2)cc(-c2cc(-c3ccc4oc5ccccc5c4c3)ccc2-c2ccc3oc4ccccc4c3c2)c1. The fraction of sp³-hybridized carbons (Fsp3) is 0. The molecule has 0 aliphatic carbocycles. The molecule has 0 amide bonds. The lowest BCUT2D eigenvalue weighted by Gasteiger charge is -2.17. The standard InChI is InChI=1S/C49H29NO2/c50-30-35-12-4-5-13-39(35)37-24-36(31-10-2-1-3-11-31)25-38(26-37)43-27-32(33-19-22-48-44(28-33)41-14-6-8-16-46(41)51-48)18-21-40(43)34-20-23-49-45(29-34)42-15-7-9-17-47(42)52-49/h1-29H. The van der Waals surface area contributed by atoms with Gasteiger partial charge in [-0.05, 0) is 122 Å². The van der Waals surface area contributed by atoms with Gasteiger partial charge in [0.15, 0.2) is 0 Å². The third-order valence-electron chi connectivity index (χ3n) is 10.1. The largest absolute Gasteiger partial charge is 0.456 e. The first-order valence-corrected chi connectivity index (χ1v) is 17.4. The highest BCUT2D eigenvalue weighted by molar-refractivity contribution is 6.08. The summed E-state index contributed by atoms with van der Waals surface area (Å²) in [7, 11) is 0. The summed E-state index contributed by atoms with van der Waals surface area (Å²) in [4.78, 5) is 0. The van der Waals surface area contributed by atoms with Crippen LogP contribution in [-0.4, -0.2) is 0 Å². The Balaban J connectivity index is 1.24. The molecule has 0 radical (unpaired) electrons. The Labute approximate surface area is 300 Å². The van der Waals surface area contributed by atoms with E-state index in [0.717, 1.165) is 99.5 Å². The lowest BCUT2D eigenvalue weighted by Crippen LogP contribution is -1.92. The Kier molecular flexibility index (Phi) is 6.87. The summed E-state index contributed by atoms with van der Waals surface area (Å²) in [5.74, 6) is 0. The molecule has 10 rings (SSSR count). The van der Waals surface area contributed by atoms with Gasteiger partial charge < -0.3 is 8.83 Å². The number of hydrogen-bond donors (Lipinski definition) is 0. The van der Waals surface area contributed by atoms with Gasteiger partial charge in [-0.2, -0.15) is 5.26 Å². The average molecular weight is 664 g/mol. The molecule has 0 saturated carbocycles. The lowest BCUT2D eigenvalue weighted by molar-refractivity contribution is 0.668. The molecule has 0 atom stereocenters. The molecule has 0 unspecified atom stereocenters. The number of benzene rings is 8. The number of furan rings is 2. The zero-order valence-electron chi connectivity index (χ0n) is 28.0. The van der Waals surface area contributed by atoms with Crippen LogP contribution in [0.3, 0.4) is 0 Å². The summed E-state index contributed by atoms with van der Waals surface area (Å²) in [6.07, 6.45) is 0. The summed E-state index contributed by atoms with van der Waals surface area (Å²) in [6.45, 7) is 0. The van der Waals surface area contributed by atoms with Gasteiger partial charge in [-0.1, -0.05) is 109 Å². The van der Waals surface area contributed by atoms with Gasteiger partial charge in [0.1, 0.15) is 22.3 Å². The van der Waals surface area contributed by atoms with E-state index in [4.69, 9.17) is 8.83 Å². The summed E-state index contributed by atoms with van der Waals surface area (Å²) < 4.78 is 12.4. The number of nitrogens with zero attached hydrogens (tertiary/aromatic N) is 1. The number of hydrogen-bond acceptors (Lipinski definition) is 3. The van der Waals surface area contributed by atoms with Crippen molar-refractivity contribution in [3.05, 3.63) is 181 Å². The molecule has 0 bridgehead atoms. The molecule has 242 valence electrons. The molecule has 0 aliphatic rings. The zero-order valence-corrected chi connectivity index (χ0v) is 28.0. The van der Waals surface area contributed by atoms with Crippen molar-refractivity contribution in [3.63, 3.8) is 0 Å². The van der Waals surface area contributed by atoms with E-state index in [1.165, 1.54) is 0 Å². The minimum Gasteiger partial charge on any atom is -0.456 e. The van der Waals surface area contributed by atoms with Crippen molar-refractivity contribution >= 4 is 43.9 Å². The second kappa shape index (κ2) is 12.0. The predicted octanol–water partition coefficient (Wildman–Crippen LogP) is 13.7. The molecular weight excluding hydrogens is 635 g/mol. The van der Waals surface area contributed by atoms with E-state index in [2.05, 4.69) is 127 Å². The van der Waals surface area contributed by atoms with E-state index in [1.807, 2.05) is 54.6 Å². The maximum atomic E-state index is 10.1. The van der Waals surface area contributed by atoms with Crippen molar-refractivity contribution in [1.82, 2.24) is 0 Å². The first kappa shape index (κ1) is 29.7. The maximum Gasteiger partial charge on any atom is 0.135 e. The van der Waals surface area contributed by atoms with Crippen molar-refractivity contribution in [3.8, 4) is 61.7 Å². The first-order valence-electron chi connectivity index (χ1n) is 17.4. The molecule has 2 aromatic heterocycles. The molecule has 8 aromatic carbocycles. The summed E-state index contributed by atoms with van der Waals surface area (Å²) in [5.41, 5.74) is 14.8. The zero-order chi connectivity index (χ0) is 34.6. The Bertz CT molecular complexity index is 3030. The van der Waals surface area contributed by atoms with Gasteiger partial charge in [0, 0.05) is 21.5 Å². The average Bonchev–Trinajstić information content (AvgIpc) is 3.78. The van der Waals surface area contributed by atoms with Crippen LogP contribution in [0.1, 0.15) is 5.56 Å². The molecule has 52 heavy (non-hydrogen) atoms. The summed E-state index contributed by atoms with van der Waals surface area (Å²) in [6, 6.07) is 63.5. The topological polar surface area (TPSA) is 50.1 Å². The van der Waals surface area contributed by atoms with E-state index >= 15 is 0 Å². The normalized spacial score (nSPS) is 11.4. The van der Waals surface area contributed by atoms with Crippen LogP contribution in [0.25, 0.3) is 99.5 Å². The Morgan fingerprint density at radius 3 is 1.54 bits per heavy atom. The minimum absolute atomic E-state index is 0.644. The molecule has 0 spiro atoms. The Morgan fingerprint density at radius 1 is 0.308 bits per heavy atom. The van der Waals surface area contributed by atoms with Crippen LogP contribution < -0.4 is 0 Å². The van der Waals surface area contributed by atoms with Crippen molar-refractivity contribution in [1.29, 1.82) is 5.26 Å². The van der Waals surface area contributed by atoms with Crippen LogP contribution in [0.15, 0.2) is 185 Å². The Hall–Kier alpha value is -7.15. The predicted molar refractivity (Wildman–Crippen MR) is 213 cm³/mol. The van der Waals surface area contributed by atoms with E-state index in [1.54, 1.807) is 0 Å². The summed E-state index contributed by atoms with van der Waals surface area (Å²) >= 11 is 0. The summed E-state index contributed by atoms with van der Waals surface area (Å²) in [5, 5.41) is 14.5. The second-order valence-electron chi connectivity index (χ2n) is 13.2. The van der Waals surface area contributed by atoms with Gasteiger partial charge in [0.05, 0.1) is 11.6 Å². The Morgan fingerprint density at radius 2 is 0.827 bits per heavy atom. The van der Waals surface area contributed by atoms with Gasteiger partial charge in [-0.15, -0.1) is 0 Å². The highest BCUT2D eigenvalue weighted by Crippen LogP contribution is 2.42. The van der Waals surface area contributed by atoms with Gasteiger partial charge in [-0.25, -0.2) is 0 Å². The van der Waals surface area contributed by atoms with Crippen molar-refractivity contribution < 1.29 is 8.83 Å². The van der Waals surface area contributed by atoms with E-state index in [-0.39, 0.29) is 0 Å². The number of fused-ring (bicyclic) bond motifs is 6. The number of rotatable bonds is 5. The molecule has 2 heterocycles. The highest BCUT2D eigenvalue weighted by atomic mass is 16.3. The van der Waals surface area contributed by atoms with Gasteiger partial charge in [0.25, 0.3) is 0 Å². The van der Waals surface area contributed by atoms with E-state index in [0.29, 0.717) is 5.56 Å². The van der Waals surface area contributed by atoms with Crippen LogP contribution in [-0.2, 0) is 0 Å². The molecule has 3 nitrogen and oxygen atoms in total. The fourth-order valence-corrected chi connectivity index (χ4v) is 7.58. The molecular formula is C49H29NO2. The fourth-order valence-electron chi connectivity index (χ4n) is 7.58. The monoisotopic (exact) mass is 663 g/mol. The third-order valence-corrected chi connectivity index (χ3v) is 10.1. The van der Waals surface area contributed by atoms with Crippen LogP contribution in [0.2, 0.25) is 0 Å². The van der Waals surface area contributed by atoms with Crippen LogP contribution in [0, 0.1) is 11.3 Å². The number of para-hydroxylation sites is 2. The van der Waals surface area contributed by atoms with Crippen molar-refractivity contribution in [2.24, 2.45) is 0 Å². The molecule has 10 aromatic rings. The molecule has 0 saturated heterocycles. The second-order valence-corrected chi connectivity index (χ2v) is 13.2. The van der Waals surface area contributed by atoms with Crippen molar-refractivity contribution in [2.75, 3.05) is 0 Å². The van der Waals surface area contributed by atoms with Crippen LogP contribution in [0.4, 0.5) is 0 Å². The smallest absolute Gasteiger partial charge is 0.135 e. The van der Waals surface area contributed by atoms with Gasteiger partial charge in [-0.3, -0.25) is 0 Å². The molecule has 0 N–H and O–H groups in total. The molecule has 0 fully saturated rings. The van der Waals surface area contributed by atoms with E-state index in [9.17, 15) is 5.26 Å². The quantitative estimate of drug-likeness (QED) is 0.184. The van der Waals surface area contributed by atoms with E-state index < -0.39 is 0 Å². The van der Waals surface area contributed by atoms with Crippen LogP contribution in [0.5, 0.6) is 0 Å². The number of nitriles is 1. The lowest BCUT2D eigenvalue weighted by atomic mass is 9.87. The first-order chi connectivity index (χ1) is 25.7. The molecule has 0 aliphatic heterocycles. The molecule has 3 heteroatoms. The van der Waals surface area contributed by atoms with Gasteiger partial charge >= 0.3 is 0 Å². The highest BCUT2D eigenvalue weighted by Gasteiger charge is 2.17. The maximum absolute atomic E-state index is 10.1. The van der Waals surface area contributed by atoms with Gasteiger partial charge in [0.2, 0.25) is 0 Å².